The van der Waals surface area contributed by atoms with Crippen molar-refractivity contribution in [2.24, 2.45) is 46.3 Å². The summed E-state index contributed by atoms with van der Waals surface area (Å²) < 4.78 is 27.3. The highest BCUT2D eigenvalue weighted by Crippen LogP contribution is 2.69. The summed E-state index contributed by atoms with van der Waals surface area (Å²) in [4.78, 5) is 12.8. The van der Waals surface area contributed by atoms with Crippen LogP contribution in [-0.2, 0) is 22.5 Å². The molecule has 0 heterocycles. The van der Waals surface area contributed by atoms with Crippen molar-refractivity contribution in [3.63, 3.8) is 0 Å². The van der Waals surface area contributed by atoms with Crippen LogP contribution >= 0.6 is 0 Å². The van der Waals surface area contributed by atoms with Gasteiger partial charge in [-0.25, -0.2) is 0 Å². The van der Waals surface area contributed by atoms with Gasteiger partial charge in [-0.2, -0.15) is 0 Å². The maximum atomic E-state index is 12.8. The minimum absolute atomic E-state index is 0.00267. The third-order valence-electron chi connectivity index (χ3n) is 12.2. The normalized spacial score (nSPS) is 39.9. The first-order valence-electron chi connectivity index (χ1n) is 18.6. The molecular weight excluding hydrogens is 625 g/mol. The summed E-state index contributed by atoms with van der Waals surface area (Å²) in [6.07, 6.45) is 11.0. The fraction of sp³-hybridized carbons (Fsp3) is 0.972. The molecule has 4 aliphatic rings. The molecule has 9 heteroatoms. The summed E-state index contributed by atoms with van der Waals surface area (Å²) in [5, 5.41) is 0. The topological polar surface area (TPSA) is 54.0 Å². The summed E-state index contributed by atoms with van der Waals surface area (Å²) in [7, 11) is -7.03. The molecule has 262 valence electrons. The largest absolute Gasteiger partial charge is 0.520 e. The third-order valence-corrected chi connectivity index (χ3v) is 16.1. The van der Waals surface area contributed by atoms with E-state index in [-0.39, 0.29) is 17.5 Å². The first-order valence-corrected chi connectivity index (χ1v) is 32.2. The van der Waals surface area contributed by atoms with Gasteiger partial charge < -0.3 is 17.7 Å². The Balaban J connectivity index is 1.68. The summed E-state index contributed by atoms with van der Waals surface area (Å²) in [5.41, 5.74) is 0.419. The molecule has 11 atom stereocenters. The van der Waals surface area contributed by atoms with Crippen LogP contribution in [0, 0.1) is 46.3 Å². The molecule has 45 heavy (non-hydrogen) atoms. The molecule has 0 N–H and O–H groups in total. The van der Waals surface area contributed by atoms with Gasteiger partial charge in [-0.15, -0.1) is 0 Å². The van der Waals surface area contributed by atoms with Gasteiger partial charge in [0.15, 0.2) is 25.0 Å². The van der Waals surface area contributed by atoms with Crippen molar-refractivity contribution in [3.05, 3.63) is 0 Å². The zero-order chi connectivity index (χ0) is 34.0. The highest BCUT2D eigenvalue weighted by molar-refractivity contribution is 6.71. The van der Waals surface area contributed by atoms with Gasteiger partial charge >= 0.3 is 0 Å². The van der Waals surface area contributed by atoms with Crippen LogP contribution in [0.1, 0.15) is 78.6 Å². The first kappa shape index (κ1) is 38.0. The average Bonchev–Trinajstić information content (AvgIpc) is 3.18. The number of fused-ring (bicyclic) bond motifs is 5. The standard InChI is InChI=1S/C36H72O5Si4/c1-25(16-19-33(37)41-45(13,14)15)28-17-18-29-34-30(24-32(36(28,29)3)40-44(10,11)12)35(2)21-20-27(38-42(4,5)6)22-26(35)23-31(34)39-43(7,8)9/h25-32,34H,16-24H2,1-15H3/t25?,26?,27-,28?,29?,30?,31?,32+,34?,35?,36?/m1/s1. The first-order chi connectivity index (χ1) is 20.3. The fourth-order valence-corrected chi connectivity index (χ4v) is 15.2. The van der Waals surface area contributed by atoms with Crippen LogP contribution in [-0.4, -0.2) is 57.6 Å². The van der Waals surface area contributed by atoms with E-state index in [1.807, 2.05) is 0 Å². The van der Waals surface area contributed by atoms with Crippen molar-refractivity contribution in [2.45, 2.75) is 175 Å². The Hall–Kier alpha value is 0.218. The lowest BCUT2D eigenvalue weighted by molar-refractivity contribution is -0.199. The Labute approximate surface area is 282 Å². The van der Waals surface area contributed by atoms with E-state index >= 15 is 0 Å². The van der Waals surface area contributed by atoms with Gasteiger partial charge in [0.2, 0.25) is 8.32 Å². The van der Waals surface area contributed by atoms with Crippen molar-refractivity contribution < 1.29 is 22.5 Å². The maximum Gasteiger partial charge on any atom is 0.292 e. The van der Waals surface area contributed by atoms with Gasteiger partial charge in [0.1, 0.15) is 0 Å². The predicted molar refractivity (Wildman–Crippen MR) is 198 cm³/mol. The van der Waals surface area contributed by atoms with Crippen molar-refractivity contribution in [3.8, 4) is 0 Å². The van der Waals surface area contributed by atoms with Crippen molar-refractivity contribution in [1.29, 1.82) is 0 Å². The van der Waals surface area contributed by atoms with Crippen LogP contribution in [0.5, 0.6) is 0 Å². The van der Waals surface area contributed by atoms with E-state index < -0.39 is 33.3 Å². The minimum atomic E-state index is -1.87. The van der Waals surface area contributed by atoms with E-state index in [0.717, 1.165) is 6.42 Å². The van der Waals surface area contributed by atoms with Crippen molar-refractivity contribution >= 4 is 39.2 Å². The van der Waals surface area contributed by atoms with Crippen LogP contribution in [0.3, 0.4) is 0 Å². The van der Waals surface area contributed by atoms with E-state index in [9.17, 15) is 4.79 Å². The molecule has 0 aliphatic heterocycles. The van der Waals surface area contributed by atoms with Gasteiger partial charge in [0.25, 0.3) is 5.97 Å². The van der Waals surface area contributed by atoms with E-state index in [1.165, 1.54) is 44.9 Å². The highest BCUT2D eigenvalue weighted by Gasteiger charge is 2.67. The van der Waals surface area contributed by atoms with E-state index in [2.05, 4.69) is 99.3 Å². The van der Waals surface area contributed by atoms with Gasteiger partial charge in [-0.05, 0) is 176 Å². The van der Waals surface area contributed by atoms with E-state index in [4.69, 9.17) is 17.7 Å². The number of carbonyl (C=O) groups is 1. The number of hydrogen-bond donors (Lipinski definition) is 0. The van der Waals surface area contributed by atoms with Crippen LogP contribution < -0.4 is 0 Å². The average molecular weight is 697 g/mol. The molecule has 0 bridgehead atoms. The lowest BCUT2D eigenvalue weighted by atomic mass is 9.43. The lowest BCUT2D eigenvalue weighted by Gasteiger charge is -2.66. The second kappa shape index (κ2) is 13.2. The van der Waals surface area contributed by atoms with Gasteiger partial charge in [0.05, 0.1) is 6.10 Å². The molecule has 0 spiro atoms. The summed E-state index contributed by atoms with van der Waals surface area (Å²) in [5.74, 6) is 3.51. The fourth-order valence-electron chi connectivity index (χ4n) is 10.8. The second-order valence-corrected chi connectivity index (χ2v) is 38.0. The molecule has 0 radical (unpaired) electrons. The number of carbonyl (C=O) groups excluding carboxylic acids is 1. The molecule has 4 fully saturated rings. The zero-order valence-electron chi connectivity index (χ0n) is 32.1. The molecule has 0 amide bonds. The quantitative estimate of drug-likeness (QED) is 0.201. The predicted octanol–water partition coefficient (Wildman–Crippen LogP) is 10.3. The Morgan fingerprint density at radius 3 is 1.89 bits per heavy atom. The Morgan fingerprint density at radius 1 is 0.733 bits per heavy atom. The zero-order valence-corrected chi connectivity index (χ0v) is 36.1. The SMILES string of the molecule is CC(CCC(=O)O[Si](C)(C)C)C1CCC2C3C(O[Si](C)(C)C)CC4C[C@H](O[Si](C)(C)C)CCC4(C)C3C[C@H](O[Si](C)(C)C)C12C. The smallest absolute Gasteiger partial charge is 0.292 e. The monoisotopic (exact) mass is 696 g/mol. The van der Waals surface area contributed by atoms with Gasteiger partial charge in [-0.3, -0.25) is 4.79 Å². The minimum Gasteiger partial charge on any atom is -0.520 e. The number of hydrogen-bond acceptors (Lipinski definition) is 5. The Bertz CT molecular complexity index is 1040. The Kier molecular flexibility index (Phi) is 11.1. The van der Waals surface area contributed by atoms with Crippen molar-refractivity contribution in [2.75, 3.05) is 0 Å². The second-order valence-electron chi connectivity index (χ2n) is 20.2. The van der Waals surface area contributed by atoms with Gasteiger partial charge in [-0.1, -0.05) is 20.8 Å². The molecule has 5 nitrogen and oxygen atoms in total. The Morgan fingerprint density at radius 2 is 1.33 bits per heavy atom. The van der Waals surface area contributed by atoms with Crippen LogP contribution in [0.25, 0.3) is 0 Å². The highest BCUT2D eigenvalue weighted by atomic mass is 28.4. The molecule has 9 unspecified atom stereocenters. The molecular formula is C36H72O5Si4. The molecule has 0 saturated heterocycles. The van der Waals surface area contributed by atoms with Gasteiger partial charge in [0, 0.05) is 18.6 Å². The molecule has 4 aliphatic carbocycles. The van der Waals surface area contributed by atoms with E-state index in [1.54, 1.807) is 0 Å². The summed E-state index contributed by atoms with van der Waals surface area (Å²) >= 11 is 0. The van der Waals surface area contributed by atoms with E-state index in [0.29, 0.717) is 59.6 Å². The molecule has 0 aromatic heterocycles. The summed E-state index contributed by atoms with van der Waals surface area (Å²) in [6, 6.07) is 0. The molecule has 0 aromatic rings. The maximum absolute atomic E-state index is 12.8. The molecule has 0 aromatic carbocycles. The van der Waals surface area contributed by atoms with Crippen molar-refractivity contribution in [1.82, 2.24) is 0 Å². The molecule has 4 rings (SSSR count). The lowest BCUT2D eigenvalue weighted by Crippen LogP contribution is -2.64. The third kappa shape index (κ3) is 8.88. The van der Waals surface area contributed by atoms with Crippen LogP contribution in [0.15, 0.2) is 0 Å². The van der Waals surface area contributed by atoms with Crippen LogP contribution in [0.4, 0.5) is 0 Å². The van der Waals surface area contributed by atoms with Crippen LogP contribution in [0.2, 0.25) is 78.6 Å². The summed E-state index contributed by atoms with van der Waals surface area (Å²) in [6.45, 7) is 35.4. The molecule has 4 saturated carbocycles. The number of rotatable bonds is 11.